The van der Waals surface area contributed by atoms with Crippen LogP contribution in [0.1, 0.15) is 12.0 Å². The Morgan fingerprint density at radius 2 is 1.88 bits per heavy atom. The third-order valence-corrected chi connectivity index (χ3v) is 3.72. The standard InChI is InChI=1S/C20H27N3O3/c1-21-20(22-15-16-8-4-5-11-19(16)25-3)23-17-9-6-10-18(14-17)26-13-7-12-24-2/h4-6,8-11,14H,7,12-13,15H2,1-3H3,(H2,21,22,23). The minimum absolute atomic E-state index is 0.608. The molecular weight excluding hydrogens is 330 g/mol. The summed E-state index contributed by atoms with van der Waals surface area (Å²) < 4.78 is 16.1. The van der Waals surface area contributed by atoms with Gasteiger partial charge in [0.2, 0.25) is 0 Å². The highest BCUT2D eigenvalue weighted by Gasteiger charge is 2.05. The first-order valence-corrected chi connectivity index (χ1v) is 8.58. The van der Waals surface area contributed by atoms with E-state index in [0.717, 1.165) is 29.2 Å². The van der Waals surface area contributed by atoms with Crippen LogP contribution in [0.2, 0.25) is 0 Å². The third-order valence-electron chi connectivity index (χ3n) is 3.72. The second-order valence-electron chi connectivity index (χ2n) is 5.59. The average Bonchev–Trinajstić information content (AvgIpc) is 2.69. The molecule has 0 spiro atoms. The van der Waals surface area contributed by atoms with Gasteiger partial charge < -0.3 is 24.8 Å². The Bertz CT molecular complexity index is 704. The first-order chi connectivity index (χ1) is 12.8. The molecule has 0 aromatic heterocycles. The molecule has 0 bridgehead atoms. The van der Waals surface area contributed by atoms with Gasteiger partial charge in [0.25, 0.3) is 0 Å². The number of guanidine groups is 1. The van der Waals surface area contributed by atoms with Crippen molar-refractivity contribution in [2.75, 3.05) is 39.8 Å². The van der Waals surface area contributed by atoms with Crippen molar-refractivity contribution < 1.29 is 14.2 Å². The van der Waals surface area contributed by atoms with E-state index in [-0.39, 0.29) is 0 Å². The second-order valence-corrected chi connectivity index (χ2v) is 5.59. The minimum atomic E-state index is 0.608. The molecule has 0 aliphatic heterocycles. The van der Waals surface area contributed by atoms with Crippen LogP contribution in [0.3, 0.4) is 0 Å². The van der Waals surface area contributed by atoms with Crippen LogP contribution in [0.25, 0.3) is 0 Å². The quantitative estimate of drug-likeness (QED) is 0.410. The zero-order chi connectivity index (χ0) is 18.6. The molecule has 2 aromatic carbocycles. The van der Waals surface area contributed by atoms with E-state index in [1.165, 1.54) is 0 Å². The van der Waals surface area contributed by atoms with Crippen LogP contribution in [0.4, 0.5) is 5.69 Å². The molecule has 0 saturated carbocycles. The Balaban J connectivity index is 1.91. The summed E-state index contributed by atoms with van der Waals surface area (Å²) in [4.78, 5) is 4.27. The van der Waals surface area contributed by atoms with Crippen molar-refractivity contribution in [1.82, 2.24) is 5.32 Å². The molecule has 0 fully saturated rings. The number of anilines is 1. The minimum Gasteiger partial charge on any atom is -0.496 e. The lowest BCUT2D eigenvalue weighted by atomic mass is 10.2. The molecule has 0 aliphatic carbocycles. The van der Waals surface area contributed by atoms with Crippen molar-refractivity contribution in [3.63, 3.8) is 0 Å². The molecule has 2 rings (SSSR count). The van der Waals surface area contributed by atoms with Crippen LogP contribution < -0.4 is 20.1 Å². The summed E-state index contributed by atoms with van der Waals surface area (Å²) in [6.07, 6.45) is 0.857. The summed E-state index contributed by atoms with van der Waals surface area (Å²) in [5, 5.41) is 6.56. The van der Waals surface area contributed by atoms with Gasteiger partial charge in [-0.25, -0.2) is 0 Å². The fourth-order valence-electron chi connectivity index (χ4n) is 2.40. The summed E-state index contributed by atoms with van der Waals surface area (Å²) in [7, 11) is 5.10. The van der Waals surface area contributed by atoms with Gasteiger partial charge in [0.15, 0.2) is 5.96 Å². The van der Waals surface area contributed by atoms with Crippen LogP contribution >= 0.6 is 0 Å². The zero-order valence-corrected chi connectivity index (χ0v) is 15.6. The molecule has 26 heavy (non-hydrogen) atoms. The highest BCUT2D eigenvalue weighted by atomic mass is 16.5. The number of aliphatic imine (C=N–C) groups is 1. The van der Waals surface area contributed by atoms with Gasteiger partial charge >= 0.3 is 0 Å². The number of para-hydroxylation sites is 1. The molecule has 0 aliphatic rings. The first kappa shape index (κ1) is 19.6. The normalized spacial score (nSPS) is 11.1. The third kappa shape index (κ3) is 6.29. The molecule has 0 amide bonds. The Kier molecular flexibility index (Phi) is 8.29. The lowest BCUT2D eigenvalue weighted by Gasteiger charge is -2.14. The lowest BCUT2D eigenvalue weighted by molar-refractivity contribution is 0.172. The maximum Gasteiger partial charge on any atom is 0.195 e. The number of benzene rings is 2. The molecule has 0 saturated heterocycles. The highest BCUT2D eigenvalue weighted by Crippen LogP contribution is 2.18. The Hall–Kier alpha value is -2.73. The predicted octanol–water partition coefficient (Wildman–Crippen LogP) is 3.30. The van der Waals surface area contributed by atoms with Crippen LogP contribution in [0, 0.1) is 0 Å². The molecule has 140 valence electrons. The fraction of sp³-hybridized carbons (Fsp3) is 0.350. The second kappa shape index (κ2) is 11.0. The summed E-state index contributed by atoms with van der Waals surface area (Å²) in [6, 6.07) is 15.7. The Labute approximate surface area is 155 Å². The highest BCUT2D eigenvalue weighted by molar-refractivity contribution is 5.93. The van der Waals surface area contributed by atoms with Gasteiger partial charge in [-0.15, -0.1) is 0 Å². The number of rotatable bonds is 9. The maximum absolute atomic E-state index is 5.73. The number of nitrogens with one attached hydrogen (secondary N) is 2. The van der Waals surface area contributed by atoms with Crippen LogP contribution in [-0.2, 0) is 11.3 Å². The SMILES string of the molecule is CN=C(NCc1ccccc1OC)Nc1cccc(OCCCOC)c1. The van der Waals surface area contributed by atoms with E-state index in [1.807, 2.05) is 48.5 Å². The molecule has 0 atom stereocenters. The van der Waals surface area contributed by atoms with Crippen LogP contribution in [0.5, 0.6) is 11.5 Å². The number of hydrogen-bond donors (Lipinski definition) is 2. The Morgan fingerprint density at radius 1 is 1.04 bits per heavy atom. The van der Waals surface area contributed by atoms with Crippen molar-refractivity contribution in [3.05, 3.63) is 54.1 Å². The van der Waals surface area contributed by atoms with Crippen molar-refractivity contribution in [1.29, 1.82) is 0 Å². The average molecular weight is 357 g/mol. The van der Waals surface area contributed by atoms with Crippen LogP contribution in [-0.4, -0.2) is 40.4 Å². The van der Waals surface area contributed by atoms with E-state index in [0.29, 0.717) is 25.7 Å². The summed E-state index contributed by atoms with van der Waals surface area (Å²) in [5.41, 5.74) is 1.97. The monoisotopic (exact) mass is 357 g/mol. The van der Waals surface area contributed by atoms with Gasteiger partial charge in [-0.05, 0) is 18.2 Å². The number of hydrogen-bond acceptors (Lipinski definition) is 4. The van der Waals surface area contributed by atoms with Gasteiger partial charge in [0.1, 0.15) is 11.5 Å². The molecule has 6 nitrogen and oxygen atoms in total. The Morgan fingerprint density at radius 3 is 2.65 bits per heavy atom. The maximum atomic E-state index is 5.73. The van der Waals surface area contributed by atoms with Gasteiger partial charge in [-0.2, -0.15) is 0 Å². The van der Waals surface area contributed by atoms with E-state index in [9.17, 15) is 0 Å². The zero-order valence-electron chi connectivity index (χ0n) is 15.6. The van der Waals surface area contributed by atoms with E-state index >= 15 is 0 Å². The molecule has 6 heteroatoms. The smallest absolute Gasteiger partial charge is 0.195 e. The van der Waals surface area contributed by atoms with Gasteiger partial charge in [0, 0.05) is 51.0 Å². The lowest BCUT2D eigenvalue weighted by Crippen LogP contribution is -2.30. The van der Waals surface area contributed by atoms with Crippen molar-refractivity contribution >= 4 is 11.6 Å². The molecular formula is C20H27N3O3. The molecule has 0 unspecified atom stereocenters. The van der Waals surface area contributed by atoms with Crippen molar-refractivity contribution in [2.24, 2.45) is 4.99 Å². The number of nitrogens with zero attached hydrogens (tertiary/aromatic N) is 1. The van der Waals surface area contributed by atoms with Crippen molar-refractivity contribution in [2.45, 2.75) is 13.0 Å². The van der Waals surface area contributed by atoms with Crippen LogP contribution in [0.15, 0.2) is 53.5 Å². The predicted molar refractivity (Wildman–Crippen MR) is 105 cm³/mol. The number of ether oxygens (including phenoxy) is 3. The largest absolute Gasteiger partial charge is 0.496 e. The van der Waals surface area contributed by atoms with Crippen molar-refractivity contribution in [3.8, 4) is 11.5 Å². The topological polar surface area (TPSA) is 64.1 Å². The van der Waals surface area contributed by atoms with E-state index in [4.69, 9.17) is 14.2 Å². The summed E-state index contributed by atoms with van der Waals surface area (Å²) >= 11 is 0. The summed E-state index contributed by atoms with van der Waals surface area (Å²) in [5.74, 6) is 2.33. The molecule has 0 radical (unpaired) electrons. The molecule has 2 aromatic rings. The van der Waals surface area contributed by atoms with E-state index in [1.54, 1.807) is 21.3 Å². The van der Waals surface area contributed by atoms with E-state index in [2.05, 4.69) is 15.6 Å². The summed E-state index contributed by atoms with van der Waals surface area (Å²) in [6.45, 7) is 1.92. The first-order valence-electron chi connectivity index (χ1n) is 8.58. The molecule has 0 heterocycles. The van der Waals surface area contributed by atoms with Gasteiger partial charge in [-0.1, -0.05) is 24.3 Å². The van der Waals surface area contributed by atoms with E-state index < -0.39 is 0 Å². The van der Waals surface area contributed by atoms with Gasteiger partial charge in [-0.3, -0.25) is 4.99 Å². The van der Waals surface area contributed by atoms with Gasteiger partial charge in [0.05, 0.1) is 13.7 Å². The fourth-order valence-corrected chi connectivity index (χ4v) is 2.40. The molecule has 2 N–H and O–H groups in total. The number of methoxy groups -OCH3 is 2.